The summed E-state index contributed by atoms with van der Waals surface area (Å²) in [6.07, 6.45) is 1.48. The van der Waals surface area contributed by atoms with Crippen molar-refractivity contribution >= 4 is 5.82 Å². The van der Waals surface area contributed by atoms with Crippen LogP contribution in [0.2, 0.25) is 0 Å². The Kier molecular flexibility index (Phi) is 1.49. The molecular weight excluding hydrogens is 162 g/mol. The van der Waals surface area contributed by atoms with Gasteiger partial charge >= 0.3 is 0 Å². The Bertz CT molecular complexity index is 266. The van der Waals surface area contributed by atoms with Crippen LogP contribution in [0.15, 0.2) is 18.3 Å². The van der Waals surface area contributed by atoms with Gasteiger partial charge in [0.1, 0.15) is 5.82 Å². The molecule has 0 atom stereocenters. The third-order valence-corrected chi connectivity index (χ3v) is 1.77. The highest BCUT2D eigenvalue weighted by Crippen LogP contribution is 2.29. The average molecular weight is 169 g/mol. The fourth-order valence-electron chi connectivity index (χ4n) is 1.17. The first kappa shape index (κ1) is 7.46. The van der Waals surface area contributed by atoms with E-state index in [1.165, 1.54) is 11.1 Å². The Morgan fingerprint density at radius 2 is 2.25 bits per heavy atom. The second kappa shape index (κ2) is 2.40. The van der Waals surface area contributed by atoms with Crippen LogP contribution >= 0.6 is 0 Å². The van der Waals surface area contributed by atoms with E-state index in [9.17, 15) is 8.78 Å². The van der Waals surface area contributed by atoms with E-state index >= 15 is 0 Å². The van der Waals surface area contributed by atoms with Gasteiger partial charge in [0.15, 0.2) is 0 Å². The molecule has 1 aromatic rings. The van der Waals surface area contributed by atoms with Crippen LogP contribution in [0.1, 0.15) is 0 Å². The van der Waals surface area contributed by atoms with Crippen molar-refractivity contribution in [1.29, 1.82) is 0 Å². The van der Waals surface area contributed by atoms with Crippen LogP contribution < -0.4 is 4.90 Å². The Balaban J connectivity index is 2.06. The maximum Gasteiger partial charge on any atom is 0.282 e. The second-order valence-electron chi connectivity index (χ2n) is 2.83. The number of nitrogens with zero attached hydrogens (tertiary/aromatic N) is 2. The van der Waals surface area contributed by atoms with Gasteiger partial charge in [-0.15, -0.1) is 0 Å². The second-order valence-corrected chi connectivity index (χ2v) is 2.83. The van der Waals surface area contributed by atoms with Crippen molar-refractivity contribution in [2.45, 2.75) is 5.92 Å². The van der Waals surface area contributed by atoms with Crippen molar-refractivity contribution in [2.24, 2.45) is 0 Å². The van der Waals surface area contributed by atoms with E-state index in [1.54, 1.807) is 12.1 Å². The van der Waals surface area contributed by atoms with Gasteiger partial charge in [0.25, 0.3) is 5.92 Å². The predicted octanol–water partition coefficient (Wildman–Crippen LogP) is 1.34. The monoisotopic (exact) mass is 169 g/mol. The standard InChI is InChI=1S/C8H7F2N2/c9-8(10)5-12(6-8)7-3-1-2-4-11-7/h1,3-4H,5-6H2. The molecule has 63 valence electrons. The van der Waals surface area contributed by atoms with Crippen LogP contribution in [-0.4, -0.2) is 24.0 Å². The first-order chi connectivity index (χ1) is 5.67. The topological polar surface area (TPSA) is 16.1 Å². The number of alkyl halides is 2. The van der Waals surface area contributed by atoms with Crippen molar-refractivity contribution in [3.05, 3.63) is 24.4 Å². The van der Waals surface area contributed by atoms with Gasteiger partial charge in [0.05, 0.1) is 13.1 Å². The zero-order chi connectivity index (χ0) is 8.60. The summed E-state index contributed by atoms with van der Waals surface area (Å²) in [4.78, 5) is 5.44. The minimum Gasteiger partial charge on any atom is -0.344 e. The van der Waals surface area contributed by atoms with Gasteiger partial charge in [-0.25, -0.2) is 13.8 Å². The van der Waals surface area contributed by atoms with Crippen LogP contribution in [0.4, 0.5) is 14.6 Å². The van der Waals surface area contributed by atoms with Crippen LogP contribution in [0.5, 0.6) is 0 Å². The molecule has 1 fully saturated rings. The molecule has 1 aliphatic rings. The van der Waals surface area contributed by atoms with Crippen molar-refractivity contribution in [3.8, 4) is 0 Å². The van der Waals surface area contributed by atoms with E-state index in [0.29, 0.717) is 5.82 Å². The van der Waals surface area contributed by atoms with E-state index in [2.05, 4.69) is 11.1 Å². The lowest BCUT2D eigenvalue weighted by Gasteiger charge is -2.39. The van der Waals surface area contributed by atoms with Gasteiger partial charge in [-0.2, -0.15) is 0 Å². The summed E-state index contributed by atoms with van der Waals surface area (Å²) in [7, 11) is 0. The summed E-state index contributed by atoms with van der Waals surface area (Å²) in [5, 5.41) is 0. The SMILES string of the molecule is FC1(F)CN(c2cc[c]cn2)C1. The van der Waals surface area contributed by atoms with Gasteiger partial charge < -0.3 is 4.90 Å². The lowest BCUT2D eigenvalue weighted by molar-refractivity contribution is -0.0267. The van der Waals surface area contributed by atoms with Crippen molar-refractivity contribution in [1.82, 2.24) is 4.98 Å². The fraction of sp³-hybridized carbons (Fsp3) is 0.375. The molecule has 0 unspecified atom stereocenters. The van der Waals surface area contributed by atoms with E-state index in [0.717, 1.165) is 0 Å². The molecule has 0 aliphatic carbocycles. The molecule has 1 saturated heterocycles. The molecule has 1 radical (unpaired) electrons. The van der Waals surface area contributed by atoms with E-state index in [1.807, 2.05) is 0 Å². The maximum atomic E-state index is 12.4. The molecule has 0 bridgehead atoms. The van der Waals surface area contributed by atoms with Crippen molar-refractivity contribution < 1.29 is 8.78 Å². The molecule has 2 rings (SSSR count). The summed E-state index contributed by atoms with van der Waals surface area (Å²) < 4.78 is 24.8. The van der Waals surface area contributed by atoms with Crippen LogP contribution in [0.3, 0.4) is 0 Å². The first-order valence-corrected chi connectivity index (χ1v) is 3.62. The zero-order valence-corrected chi connectivity index (χ0v) is 6.30. The fourth-order valence-corrected chi connectivity index (χ4v) is 1.17. The molecule has 1 aromatic heterocycles. The summed E-state index contributed by atoms with van der Waals surface area (Å²) >= 11 is 0. The largest absolute Gasteiger partial charge is 0.344 e. The number of aromatic nitrogens is 1. The third kappa shape index (κ3) is 1.24. The molecule has 12 heavy (non-hydrogen) atoms. The van der Waals surface area contributed by atoms with E-state index < -0.39 is 5.92 Å². The maximum absolute atomic E-state index is 12.4. The third-order valence-electron chi connectivity index (χ3n) is 1.77. The highest BCUT2D eigenvalue weighted by molar-refractivity contribution is 5.42. The molecule has 4 heteroatoms. The molecular formula is C8H7F2N2. The summed E-state index contributed by atoms with van der Waals surface area (Å²) in [6.45, 7) is -0.436. The lowest BCUT2D eigenvalue weighted by Crippen LogP contribution is -2.56. The predicted molar refractivity (Wildman–Crippen MR) is 40.2 cm³/mol. The summed E-state index contributed by atoms with van der Waals surface area (Å²) in [6, 6.07) is 6.07. The molecule has 0 aromatic carbocycles. The Labute approximate surface area is 68.8 Å². The van der Waals surface area contributed by atoms with Gasteiger partial charge in [-0.05, 0) is 12.1 Å². The molecule has 0 spiro atoms. The lowest BCUT2D eigenvalue weighted by atomic mass is 10.1. The minimum atomic E-state index is -2.53. The number of hydrogen-bond acceptors (Lipinski definition) is 2. The molecule has 0 amide bonds. The number of pyridine rings is 1. The molecule has 0 saturated carbocycles. The molecule has 2 heterocycles. The normalized spacial score (nSPS) is 20.3. The molecule has 1 aliphatic heterocycles. The molecule has 2 nitrogen and oxygen atoms in total. The Morgan fingerprint density at radius 1 is 1.50 bits per heavy atom. The number of halogens is 2. The highest BCUT2D eigenvalue weighted by atomic mass is 19.3. The van der Waals surface area contributed by atoms with E-state index in [4.69, 9.17) is 0 Å². The summed E-state index contributed by atoms with van der Waals surface area (Å²) in [5.74, 6) is -1.93. The van der Waals surface area contributed by atoms with Crippen molar-refractivity contribution in [3.63, 3.8) is 0 Å². The number of rotatable bonds is 1. The Hall–Kier alpha value is -1.19. The quantitative estimate of drug-likeness (QED) is 0.630. The van der Waals surface area contributed by atoms with Gasteiger partial charge in [-0.1, -0.05) is 0 Å². The van der Waals surface area contributed by atoms with Crippen LogP contribution in [-0.2, 0) is 0 Å². The van der Waals surface area contributed by atoms with Crippen molar-refractivity contribution in [2.75, 3.05) is 18.0 Å². The summed E-state index contributed by atoms with van der Waals surface area (Å²) in [5.41, 5.74) is 0. The number of anilines is 1. The van der Waals surface area contributed by atoms with E-state index in [-0.39, 0.29) is 13.1 Å². The van der Waals surface area contributed by atoms with Gasteiger partial charge in [-0.3, -0.25) is 0 Å². The van der Waals surface area contributed by atoms with Crippen LogP contribution in [0.25, 0.3) is 0 Å². The average Bonchev–Trinajstić information content (AvgIpc) is 2.02. The zero-order valence-electron chi connectivity index (χ0n) is 6.30. The number of hydrogen-bond donors (Lipinski definition) is 0. The van der Waals surface area contributed by atoms with Gasteiger partial charge in [0.2, 0.25) is 0 Å². The molecule has 0 N–H and O–H groups in total. The highest BCUT2D eigenvalue weighted by Gasteiger charge is 2.44. The smallest absolute Gasteiger partial charge is 0.282 e. The van der Waals surface area contributed by atoms with Gasteiger partial charge in [0, 0.05) is 12.3 Å². The van der Waals surface area contributed by atoms with Crippen LogP contribution in [0, 0.1) is 6.07 Å². The minimum absolute atomic E-state index is 0.218. The first-order valence-electron chi connectivity index (χ1n) is 3.62. The Morgan fingerprint density at radius 3 is 2.75 bits per heavy atom.